The molecule has 1 aliphatic rings. The van der Waals surface area contributed by atoms with Crippen LogP contribution < -0.4 is 0 Å². The number of hydrogen-bond acceptors (Lipinski definition) is 4. The number of carbonyl (C=O) groups is 2. The zero-order valence-corrected chi connectivity index (χ0v) is 16.5. The van der Waals surface area contributed by atoms with Crippen molar-refractivity contribution in [2.75, 3.05) is 0 Å². The minimum atomic E-state index is -1.07. The Morgan fingerprint density at radius 3 is 1.97 bits per heavy atom. The summed E-state index contributed by atoms with van der Waals surface area (Å²) in [7, 11) is 0. The van der Waals surface area contributed by atoms with Gasteiger partial charge in [0, 0.05) is 16.3 Å². The quantitative estimate of drug-likeness (QED) is 0.513. The summed E-state index contributed by atoms with van der Waals surface area (Å²) < 4.78 is 0. The van der Waals surface area contributed by atoms with Gasteiger partial charge in [-0.2, -0.15) is 0 Å². The maximum absolute atomic E-state index is 12.4. The first-order chi connectivity index (χ1) is 14.3. The molecule has 2 N–H and O–H groups in total. The Morgan fingerprint density at radius 1 is 0.800 bits per heavy atom. The molecular weight excluding hydrogens is 380 g/mol. The average Bonchev–Trinajstić information content (AvgIpc) is 2.69. The lowest BCUT2D eigenvalue weighted by atomic mass is 9.84. The molecule has 0 unspecified atom stereocenters. The van der Waals surface area contributed by atoms with Gasteiger partial charge in [-0.1, -0.05) is 23.3 Å². The van der Waals surface area contributed by atoms with Crippen LogP contribution in [0.1, 0.15) is 43.1 Å². The van der Waals surface area contributed by atoms with Crippen LogP contribution in [0.4, 0.5) is 0 Å². The van der Waals surface area contributed by atoms with E-state index in [1.165, 1.54) is 0 Å². The van der Waals surface area contributed by atoms with E-state index >= 15 is 0 Å². The second kappa shape index (κ2) is 6.35. The molecule has 6 heteroatoms. The van der Waals surface area contributed by atoms with Crippen LogP contribution in [0.3, 0.4) is 0 Å². The summed E-state index contributed by atoms with van der Waals surface area (Å²) in [5, 5.41) is 21.2. The zero-order valence-electron chi connectivity index (χ0n) is 16.5. The van der Waals surface area contributed by atoms with Gasteiger partial charge in [0.1, 0.15) is 0 Å². The monoisotopic (exact) mass is 398 g/mol. The van der Waals surface area contributed by atoms with Crippen LogP contribution in [0.15, 0.2) is 36.4 Å². The fourth-order valence-corrected chi connectivity index (χ4v) is 4.44. The smallest absolute Gasteiger partial charge is 0.337 e. The second-order valence-electron chi connectivity index (χ2n) is 7.77. The number of aryl methyl sites for hydroxylation is 3. The highest BCUT2D eigenvalue weighted by Crippen LogP contribution is 2.40. The predicted octanol–water partition coefficient (Wildman–Crippen LogP) is 4.56. The molecule has 0 radical (unpaired) electrons. The molecule has 2 heterocycles. The SMILES string of the molecule is Cc1ccc2nc3c(c(C(=O)O)c2c1)CCc1nc2ccc(C)cc2c(C(=O)O)c1-3. The van der Waals surface area contributed by atoms with Gasteiger partial charge in [0.05, 0.1) is 33.5 Å². The van der Waals surface area contributed by atoms with E-state index in [0.29, 0.717) is 57.2 Å². The highest BCUT2D eigenvalue weighted by molar-refractivity contribution is 6.12. The molecule has 1 aliphatic carbocycles. The van der Waals surface area contributed by atoms with E-state index in [1.807, 2.05) is 44.2 Å². The van der Waals surface area contributed by atoms with Crippen molar-refractivity contribution < 1.29 is 19.8 Å². The van der Waals surface area contributed by atoms with E-state index in [0.717, 1.165) is 11.1 Å². The number of nitrogens with zero attached hydrogens (tertiary/aromatic N) is 2. The molecule has 0 spiro atoms. The van der Waals surface area contributed by atoms with Crippen molar-refractivity contribution in [3.63, 3.8) is 0 Å². The van der Waals surface area contributed by atoms with Crippen LogP contribution in [0.2, 0.25) is 0 Å². The van der Waals surface area contributed by atoms with Crippen LogP contribution in [0, 0.1) is 13.8 Å². The van der Waals surface area contributed by atoms with Crippen LogP contribution in [-0.4, -0.2) is 32.1 Å². The van der Waals surface area contributed by atoms with Gasteiger partial charge < -0.3 is 10.2 Å². The zero-order chi connectivity index (χ0) is 21.2. The van der Waals surface area contributed by atoms with Crippen LogP contribution in [0.5, 0.6) is 0 Å². The Kier molecular flexibility index (Phi) is 3.86. The lowest BCUT2D eigenvalue weighted by molar-refractivity contribution is 0.0688. The van der Waals surface area contributed by atoms with Gasteiger partial charge in [-0.3, -0.25) is 4.98 Å². The van der Waals surface area contributed by atoms with Gasteiger partial charge >= 0.3 is 11.9 Å². The van der Waals surface area contributed by atoms with E-state index in [2.05, 4.69) is 0 Å². The fourth-order valence-electron chi connectivity index (χ4n) is 4.44. The minimum Gasteiger partial charge on any atom is -0.478 e. The maximum atomic E-state index is 12.4. The number of hydrogen-bond donors (Lipinski definition) is 2. The number of aromatic nitrogens is 2. The van der Waals surface area contributed by atoms with Gasteiger partial charge in [-0.05, 0) is 56.5 Å². The molecule has 6 nitrogen and oxygen atoms in total. The third-order valence-electron chi connectivity index (χ3n) is 5.73. The first kappa shape index (κ1) is 18.2. The topological polar surface area (TPSA) is 100 Å². The van der Waals surface area contributed by atoms with Crippen molar-refractivity contribution in [3.05, 3.63) is 69.9 Å². The highest BCUT2D eigenvalue weighted by atomic mass is 16.4. The molecule has 2 aromatic carbocycles. The van der Waals surface area contributed by atoms with Crippen LogP contribution >= 0.6 is 0 Å². The Labute approximate surface area is 171 Å². The van der Waals surface area contributed by atoms with Gasteiger partial charge in [-0.15, -0.1) is 0 Å². The number of pyridine rings is 2. The van der Waals surface area contributed by atoms with E-state index in [9.17, 15) is 19.8 Å². The summed E-state index contributed by atoms with van der Waals surface area (Å²) in [4.78, 5) is 34.1. The predicted molar refractivity (Wildman–Crippen MR) is 113 cm³/mol. The Morgan fingerprint density at radius 2 is 1.37 bits per heavy atom. The van der Waals surface area contributed by atoms with Crippen molar-refractivity contribution in [2.45, 2.75) is 26.7 Å². The van der Waals surface area contributed by atoms with E-state index in [-0.39, 0.29) is 11.1 Å². The number of carboxylic acid groups (broad SMARTS) is 2. The summed E-state index contributed by atoms with van der Waals surface area (Å²) >= 11 is 0. The molecule has 0 bridgehead atoms. The van der Waals surface area contributed by atoms with Crippen molar-refractivity contribution in [3.8, 4) is 11.3 Å². The molecule has 0 fully saturated rings. The highest BCUT2D eigenvalue weighted by Gasteiger charge is 2.31. The molecule has 30 heavy (non-hydrogen) atoms. The lowest BCUT2D eigenvalue weighted by Crippen LogP contribution is -2.17. The fraction of sp³-hybridized carbons (Fsp3) is 0.167. The molecule has 5 rings (SSSR count). The first-order valence-corrected chi connectivity index (χ1v) is 9.68. The van der Waals surface area contributed by atoms with E-state index in [1.54, 1.807) is 6.07 Å². The molecule has 0 atom stereocenters. The summed E-state index contributed by atoms with van der Waals surface area (Å²) in [6.07, 6.45) is 0.913. The third kappa shape index (κ3) is 2.57. The number of carboxylic acids is 2. The van der Waals surface area contributed by atoms with Gasteiger partial charge in [0.15, 0.2) is 0 Å². The van der Waals surface area contributed by atoms with Gasteiger partial charge in [0.2, 0.25) is 0 Å². The van der Waals surface area contributed by atoms with Crippen LogP contribution in [-0.2, 0) is 12.8 Å². The third-order valence-corrected chi connectivity index (χ3v) is 5.73. The van der Waals surface area contributed by atoms with E-state index < -0.39 is 11.9 Å². The van der Waals surface area contributed by atoms with Crippen LogP contribution in [0.25, 0.3) is 33.1 Å². The Balaban J connectivity index is 1.97. The molecule has 0 aliphatic heterocycles. The summed E-state index contributed by atoms with van der Waals surface area (Å²) in [6.45, 7) is 3.80. The number of benzene rings is 2. The van der Waals surface area contributed by atoms with Crippen molar-refractivity contribution in [2.24, 2.45) is 0 Å². The summed E-state index contributed by atoms with van der Waals surface area (Å²) in [5.41, 5.74) is 5.43. The molecular formula is C24H18N2O4. The average molecular weight is 398 g/mol. The number of fused-ring (bicyclic) bond motifs is 5. The summed E-state index contributed by atoms with van der Waals surface area (Å²) in [6, 6.07) is 11.0. The van der Waals surface area contributed by atoms with Crippen molar-refractivity contribution >= 4 is 33.7 Å². The van der Waals surface area contributed by atoms with Gasteiger partial charge in [-0.25, -0.2) is 14.6 Å². The molecule has 0 saturated carbocycles. The molecule has 0 saturated heterocycles. The second-order valence-corrected chi connectivity index (χ2v) is 7.77. The van der Waals surface area contributed by atoms with Crippen molar-refractivity contribution in [1.29, 1.82) is 0 Å². The molecule has 0 amide bonds. The first-order valence-electron chi connectivity index (χ1n) is 9.68. The van der Waals surface area contributed by atoms with Crippen molar-refractivity contribution in [1.82, 2.24) is 9.97 Å². The molecule has 2 aromatic heterocycles. The molecule has 148 valence electrons. The van der Waals surface area contributed by atoms with Gasteiger partial charge in [0.25, 0.3) is 0 Å². The normalized spacial score (nSPS) is 12.6. The Hall–Kier alpha value is -3.80. The van der Waals surface area contributed by atoms with E-state index in [4.69, 9.17) is 9.97 Å². The lowest BCUT2D eigenvalue weighted by Gasteiger charge is -2.24. The molecule has 4 aromatic rings. The summed E-state index contributed by atoms with van der Waals surface area (Å²) in [5.74, 6) is -2.10. The minimum absolute atomic E-state index is 0.134. The standard InChI is InChI=1S/C24H18N2O4/c1-11-4-7-17-14(9-11)19(23(27)28)13-5-8-18-21(22(13)26-17)20(24(29)30)15-10-12(2)3-6-16(15)25-18/h3-4,6-7,9-10H,5,8H2,1-2H3,(H,27,28)(H,29,30). The largest absolute Gasteiger partial charge is 0.478 e. The number of rotatable bonds is 2. The maximum Gasteiger partial charge on any atom is 0.337 e. The Bertz CT molecular complexity index is 1420. The number of aromatic carboxylic acids is 2.